The second kappa shape index (κ2) is 13.0. The van der Waals surface area contributed by atoms with E-state index in [1.807, 2.05) is 24.3 Å². The van der Waals surface area contributed by atoms with Gasteiger partial charge in [-0.3, -0.25) is 19.3 Å². The number of fused-ring (bicyclic) bond motifs is 2. The molecule has 0 unspecified atom stereocenters. The number of amides is 3. The number of anilines is 1. The zero-order valence-corrected chi connectivity index (χ0v) is 23.8. The van der Waals surface area contributed by atoms with Crippen molar-refractivity contribution >= 4 is 45.0 Å². The van der Waals surface area contributed by atoms with Gasteiger partial charge in [0.2, 0.25) is 5.91 Å². The fraction of sp³-hybridized carbons (Fsp3) is 0.333. The average molecular weight is 554 g/mol. The molecular weight excluding hydrogens is 518 g/mol. The molecule has 0 atom stereocenters. The van der Waals surface area contributed by atoms with Crippen LogP contribution < -0.4 is 5.32 Å². The van der Waals surface area contributed by atoms with Crippen molar-refractivity contribution in [3.63, 3.8) is 0 Å². The van der Waals surface area contributed by atoms with Gasteiger partial charge < -0.3 is 5.32 Å². The maximum absolute atomic E-state index is 12.4. The maximum Gasteiger partial charge on any atom is 0.261 e. The fourth-order valence-corrected chi connectivity index (χ4v) is 6.20. The van der Waals surface area contributed by atoms with E-state index in [2.05, 4.69) is 30.4 Å². The average Bonchev–Trinajstić information content (AvgIpc) is 3.48. The summed E-state index contributed by atoms with van der Waals surface area (Å²) in [6.45, 7) is 2.58. The molecule has 206 valence electrons. The lowest BCUT2D eigenvalue weighted by Gasteiger charge is -2.13. The number of aryl methyl sites for hydroxylation is 1. The van der Waals surface area contributed by atoms with Gasteiger partial charge in [0.1, 0.15) is 5.01 Å². The molecule has 2 heterocycles. The monoisotopic (exact) mass is 553 g/mol. The largest absolute Gasteiger partial charge is 0.326 e. The van der Waals surface area contributed by atoms with Crippen molar-refractivity contribution < 1.29 is 14.4 Å². The van der Waals surface area contributed by atoms with E-state index in [0.29, 0.717) is 24.1 Å². The van der Waals surface area contributed by atoms with Crippen LogP contribution in [0.15, 0.2) is 66.7 Å². The number of nitrogens with zero attached hydrogens (tertiary/aromatic N) is 2. The van der Waals surface area contributed by atoms with Gasteiger partial charge in [0.25, 0.3) is 11.8 Å². The number of thiazole rings is 1. The molecule has 40 heavy (non-hydrogen) atoms. The Kier molecular flexibility index (Phi) is 9.01. The highest BCUT2D eigenvalue weighted by molar-refractivity contribution is 7.21. The van der Waals surface area contributed by atoms with E-state index in [0.717, 1.165) is 73.1 Å². The molecule has 6 nitrogen and oxygen atoms in total. The molecule has 1 aromatic heterocycles. The molecule has 0 bridgehead atoms. The van der Waals surface area contributed by atoms with Gasteiger partial charge in [0.15, 0.2) is 0 Å². The molecule has 5 rings (SSSR count). The van der Waals surface area contributed by atoms with E-state index in [4.69, 9.17) is 4.98 Å². The second-order valence-corrected chi connectivity index (χ2v) is 11.5. The number of aromatic nitrogens is 1. The summed E-state index contributed by atoms with van der Waals surface area (Å²) in [5.74, 6) is -0.279. The number of carbonyl (C=O) groups excluding carboxylic acids is 3. The van der Waals surface area contributed by atoms with Gasteiger partial charge in [-0.15, -0.1) is 11.3 Å². The van der Waals surface area contributed by atoms with Gasteiger partial charge in [-0.2, -0.15) is 0 Å². The normalized spacial score (nSPS) is 12.8. The Morgan fingerprint density at radius 3 is 2.10 bits per heavy atom. The first kappa shape index (κ1) is 27.7. The van der Waals surface area contributed by atoms with Crippen LogP contribution in [0.1, 0.15) is 84.1 Å². The number of unbranched alkanes of at least 4 members (excludes halogenated alkanes) is 7. The van der Waals surface area contributed by atoms with Crippen LogP contribution in [-0.2, 0) is 4.79 Å². The van der Waals surface area contributed by atoms with Crippen LogP contribution >= 0.6 is 11.3 Å². The Morgan fingerprint density at radius 2 is 1.43 bits per heavy atom. The topological polar surface area (TPSA) is 79.4 Å². The van der Waals surface area contributed by atoms with Crippen molar-refractivity contribution in [3.8, 4) is 10.6 Å². The lowest BCUT2D eigenvalue weighted by atomic mass is 10.1. The van der Waals surface area contributed by atoms with Crippen LogP contribution in [0.3, 0.4) is 0 Å². The Morgan fingerprint density at radius 1 is 0.800 bits per heavy atom. The minimum atomic E-state index is -0.166. The molecule has 0 saturated carbocycles. The first-order valence-corrected chi connectivity index (χ1v) is 15.0. The van der Waals surface area contributed by atoms with Crippen LogP contribution in [0, 0.1) is 6.92 Å². The molecule has 0 saturated heterocycles. The number of carbonyl (C=O) groups is 3. The van der Waals surface area contributed by atoms with Gasteiger partial charge in [-0.1, -0.05) is 56.7 Å². The molecular formula is C33H35N3O3S. The van der Waals surface area contributed by atoms with E-state index in [1.54, 1.807) is 35.6 Å². The zero-order chi connectivity index (χ0) is 27.9. The maximum atomic E-state index is 12.4. The molecule has 1 aliphatic heterocycles. The summed E-state index contributed by atoms with van der Waals surface area (Å²) in [4.78, 5) is 43.3. The summed E-state index contributed by atoms with van der Waals surface area (Å²) < 4.78 is 1.19. The SMILES string of the molecule is Cc1ccc2nc(-c3ccc(NC(=O)CCCCCCCCCCN4C(=O)c5ccccc5C4=O)cc3)sc2c1. The number of hydrogen-bond donors (Lipinski definition) is 1. The van der Waals surface area contributed by atoms with Gasteiger partial charge in [-0.05, 0) is 73.9 Å². The van der Waals surface area contributed by atoms with Crippen molar-refractivity contribution in [2.24, 2.45) is 0 Å². The highest BCUT2D eigenvalue weighted by Gasteiger charge is 2.34. The smallest absolute Gasteiger partial charge is 0.261 e. The van der Waals surface area contributed by atoms with E-state index >= 15 is 0 Å². The first-order valence-electron chi connectivity index (χ1n) is 14.2. The highest BCUT2D eigenvalue weighted by atomic mass is 32.1. The Hall–Kier alpha value is -3.84. The minimum absolute atomic E-state index is 0.0522. The summed E-state index contributed by atoms with van der Waals surface area (Å²) >= 11 is 1.69. The number of rotatable bonds is 13. The van der Waals surface area contributed by atoms with E-state index < -0.39 is 0 Å². The lowest BCUT2D eigenvalue weighted by Crippen LogP contribution is -2.30. The number of nitrogens with one attached hydrogen (secondary N) is 1. The Balaban J connectivity index is 0.919. The molecule has 0 fully saturated rings. The fourth-order valence-electron chi connectivity index (χ4n) is 5.13. The van der Waals surface area contributed by atoms with E-state index in [9.17, 15) is 14.4 Å². The zero-order valence-electron chi connectivity index (χ0n) is 22.9. The van der Waals surface area contributed by atoms with Crippen LogP contribution in [0.2, 0.25) is 0 Å². The molecule has 1 N–H and O–H groups in total. The summed E-state index contributed by atoms with van der Waals surface area (Å²) in [5.41, 5.74) is 5.16. The second-order valence-electron chi connectivity index (χ2n) is 10.5. The lowest BCUT2D eigenvalue weighted by molar-refractivity contribution is -0.116. The number of hydrogen-bond acceptors (Lipinski definition) is 5. The molecule has 0 aliphatic carbocycles. The molecule has 7 heteroatoms. The summed E-state index contributed by atoms with van der Waals surface area (Å²) in [6, 6.07) is 21.3. The standard InChI is InChI=1S/C33H35N3O3S/c1-23-15-20-28-29(22-23)40-31(35-28)24-16-18-25(19-17-24)34-30(37)14-8-6-4-2-3-5-7-11-21-36-32(38)26-12-9-10-13-27(26)33(36)39/h9-10,12-13,15-20,22H,2-8,11,14,21H2,1H3,(H,34,37). The van der Waals surface area contributed by atoms with Gasteiger partial charge >= 0.3 is 0 Å². The third kappa shape index (κ3) is 6.65. The highest BCUT2D eigenvalue weighted by Crippen LogP contribution is 2.31. The van der Waals surface area contributed by atoms with Gasteiger partial charge in [0, 0.05) is 24.2 Å². The predicted octanol–water partition coefficient (Wildman–Crippen LogP) is 8.02. The van der Waals surface area contributed by atoms with Gasteiger partial charge in [0.05, 0.1) is 21.3 Å². The van der Waals surface area contributed by atoms with Crippen LogP contribution in [0.4, 0.5) is 5.69 Å². The Bertz CT molecular complexity index is 1470. The quantitative estimate of drug-likeness (QED) is 0.134. The Labute approximate surface area is 239 Å². The first-order chi connectivity index (χ1) is 19.5. The van der Waals surface area contributed by atoms with Crippen molar-refractivity contribution in [1.82, 2.24) is 9.88 Å². The molecule has 4 aromatic rings. The molecule has 3 amide bonds. The summed E-state index contributed by atoms with van der Waals surface area (Å²) in [5, 5.41) is 3.99. The van der Waals surface area contributed by atoms with Crippen molar-refractivity contribution in [1.29, 1.82) is 0 Å². The van der Waals surface area contributed by atoms with E-state index in [1.165, 1.54) is 15.2 Å². The van der Waals surface area contributed by atoms with Crippen LogP contribution in [-0.4, -0.2) is 34.2 Å². The van der Waals surface area contributed by atoms with E-state index in [-0.39, 0.29) is 17.7 Å². The molecule has 0 radical (unpaired) electrons. The minimum Gasteiger partial charge on any atom is -0.326 e. The third-order valence-electron chi connectivity index (χ3n) is 7.37. The number of benzene rings is 3. The summed E-state index contributed by atoms with van der Waals surface area (Å²) in [7, 11) is 0. The predicted molar refractivity (Wildman–Crippen MR) is 162 cm³/mol. The summed E-state index contributed by atoms with van der Waals surface area (Å²) in [6.07, 6.45) is 8.78. The number of imide groups is 1. The third-order valence-corrected chi connectivity index (χ3v) is 8.44. The van der Waals surface area contributed by atoms with Crippen molar-refractivity contribution in [3.05, 3.63) is 83.4 Å². The van der Waals surface area contributed by atoms with Crippen molar-refractivity contribution in [2.75, 3.05) is 11.9 Å². The van der Waals surface area contributed by atoms with Crippen LogP contribution in [0.25, 0.3) is 20.8 Å². The molecule has 0 spiro atoms. The molecule has 1 aliphatic rings. The van der Waals surface area contributed by atoms with Crippen molar-refractivity contribution in [2.45, 2.75) is 64.7 Å². The van der Waals surface area contributed by atoms with Crippen LogP contribution in [0.5, 0.6) is 0 Å². The molecule has 3 aromatic carbocycles. The van der Waals surface area contributed by atoms with Gasteiger partial charge in [-0.25, -0.2) is 4.98 Å².